The summed E-state index contributed by atoms with van der Waals surface area (Å²) in [6, 6.07) is 11.4. The highest BCUT2D eigenvalue weighted by Gasteiger charge is 2.25. The molecule has 2 heterocycles. The number of nitrogens with zero attached hydrogens (tertiary/aromatic N) is 4. The zero-order chi connectivity index (χ0) is 21.1. The Morgan fingerprint density at radius 2 is 1.83 bits per heavy atom. The molecular formula is C22H24F2N4OS. The van der Waals surface area contributed by atoms with Crippen molar-refractivity contribution in [2.75, 3.05) is 33.3 Å². The van der Waals surface area contributed by atoms with Crippen LogP contribution in [0.25, 0.3) is 10.6 Å². The predicted octanol–water partition coefficient (Wildman–Crippen LogP) is 4.37. The van der Waals surface area contributed by atoms with Crippen LogP contribution in [0.3, 0.4) is 0 Å². The fourth-order valence-electron chi connectivity index (χ4n) is 3.72. The third-order valence-electron chi connectivity index (χ3n) is 5.49. The second-order valence-corrected chi connectivity index (χ2v) is 8.38. The van der Waals surface area contributed by atoms with Crippen LogP contribution in [-0.2, 0) is 6.54 Å². The summed E-state index contributed by atoms with van der Waals surface area (Å²) in [5.41, 5.74) is 1.35. The summed E-state index contributed by atoms with van der Waals surface area (Å²) in [5.74, 6) is 0.177. The van der Waals surface area contributed by atoms with Crippen LogP contribution in [-0.4, -0.2) is 53.3 Å². The second-order valence-electron chi connectivity index (χ2n) is 7.37. The van der Waals surface area contributed by atoms with Crippen molar-refractivity contribution >= 4 is 11.3 Å². The van der Waals surface area contributed by atoms with Gasteiger partial charge in [0.05, 0.1) is 13.2 Å². The van der Waals surface area contributed by atoms with Crippen molar-refractivity contribution < 1.29 is 13.5 Å². The normalized spacial score (nSPS) is 16.5. The molecule has 8 heteroatoms. The Bertz CT molecular complexity index is 1000. The monoisotopic (exact) mass is 430 g/mol. The Balaban J connectivity index is 1.38. The zero-order valence-corrected chi connectivity index (χ0v) is 17.8. The van der Waals surface area contributed by atoms with Crippen LogP contribution in [0.1, 0.15) is 23.5 Å². The zero-order valence-electron chi connectivity index (χ0n) is 17.0. The Kier molecular flexibility index (Phi) is 6.36. The number of aromatic nitrogens is 2. The minimum atomic E-state index is -0.283. The van der Waals surface area contributed by atoms with Crippen molar-refractivity contribution in [3.8, 4) is 16.3 Å². The molecule has 0 aliphatic carbocycles. The van der Waals surface area contributed by atoms with Gasteiger partial charge < -0.3 is 4.74 Å². The first-order valence-corrected chi connectivity index (χ1v) is 10.7. The van der Waals surface area contributed by atoms with E-state index in [4.69, 9.17) is 4.74 Å². The van der Waals surface area contributed by atoms with E-state index in [1.165, 1.54) is 23.5 Å². The topological polar surface area (TPSA) is 41.5 Å². The molecule has 0 saturated carbocycles. The molecule has 30 heavy (non-hydrogen) atoms. The van der Waals surface area contributed by atoms with Crippen LogP contribution in [0, 0.1) is 11.6 Å². The lowest BCUT2D eigenvalue weighted by Gasteiger charge is -2.37. The van der Waals surface area contributed by atoms with Crippen LogP contribution in [0.5, 0.6) is 5.75 Å². The molecule has 3 aromatic rings. The summed E-state index contributed by atoms with van der Waals surface area (Å²) < 4.78 is 33.0. The number of ether oxygens (including phenoxy) is 1. The third-order valence-corrected chi connectivity index (χ3v) is 6.62. The highest BCUT2D eigenvalue weighted by atomic mass is 32.1. The molecule has 0 N–H and O–H groups in total. The molecule has 1 aliphatic heterocycles. The van der Waals surface area contributed by atoms with E-state index in [2.05, 4.69) is 26.9 Å². The Labute approximate surface area is 178 Å². The fourth-order valence-corrected chi connectivity index (χ4v) is 4.68. The van der Waals surface area contributed by atoms with E-state index in [1.54, 1.807) is 37.4 Å². The fraction of sp³-hybridized carbons (Fsp3) is 0.364. The van der Waals surface area contributed by atoms with E-state index >= 15 is 0 Å². The molecule has 1 unspecified atom stereocenters. The van der Waals surface area contributed by atoms with Crippen molar-refractivity contribution in [3.05, 3.63) is 64.7 Å². The van der Waals surface area contributed by atoms with Crippen LogP contribution in [0.15, 0.2) is 42.5 Å². The lowest BCUT2D eigenvalue weighted by molar-refractivity contribution is 0.0969. The number of hydrogen-bond acceptors (Lipinski definition) is 6. The van der Waals surface area contributed by atoms with Gasteiger partial charge >= 0.3 is 0 Å². The molecule has 0 amide bonds. The lowest BCUT2D eigenvalue weighted by Crippen LogP contribution is -2.46. The van der Waals surface area contributed by atoms with E-state index < -0.39 is 0 Å². The molecule has 5 nitrogen and oxygen atoms in total. The summed E-state index contributed by atoms with van der Waals surface area (Å²) in [6.45, 7) is 6.23. The number of piperazine rings is 1. The highest BCUT2D eigenvalue weighted by Crippen LogP contribution is 2.31. The van der Waals surface area contributed by atoms with Gasteiger partial charge in [0.1, 0.15) is 22.4 Å². The van der Waals surface area contributed by atoms with Gasteiger partial charge in [0, 0.05) is 43.9 Å². The number of hydrogen-bond donors (Lipinski definition) is 0. The van der Waals surface area contributed by atoms with Crippen molar-refractivity contribution in [1.82, 2.24) is 20.0 Å². The summed E-state index contributed by atoms with van der Waals surface area (Å²) in [5, 5.41) is 10.0. The number of benzene rings is 2. The van der Waals surface area contributed by atoms with E-state index in [0.29, 0.717) is 22.9 Å². The van der Waals surface area contributed by atoms with Gasteiger partial charge in [-0.2, -0.15) is 0 Å². The molecule has 4 rings (SSSR count). The van der Waals surface area contributed by atoms with E-state index in [0.717, 1.165) is 36.8 Å². The van der Waals surface area contributed by atoms with Gasteiger partial charge in [0.2, 0.25) is 0 Å². The van der Waals surface area contributed by atoms with Crippen molar-refractivity contribution in [2.45, 2.75) is 19.5 Å². The summed E-state index contributed by atoms with van der Waals surface area (Å²) in [6.07, 6.45) is 0. The number of methoxy groups -OCH3 is 1. The molecule has 1 saturated heterocycles. The SMILES string of the molecule is COc1ccc(F)cc1CN1CCN(C(C)c2nnc(-c3ccccc3F)s2)CC1. The molecule has 1 fully saturated rings. The van der Waals surface area contributed by atoms with Gasteiger partial charge in [0.15, 0.2) is 5.01 Å². The van der Waals surface area contributed by atoms with Gasteiger partial charge in [-0.15, -0.1) is 10.2 Å². The molecule has 0 spiro atoms. The summed E-state index contributed by atoms with van der Waals surface area (Å²) in [7, 11) is 1.61. The highest BCUT2D eigenvalue weighted by molar-refractivity contribution is 7.14. The first kappa shape index (κ1) is 20.8. The smallest absolute Gasteiger partial charge is 0.150 e. The average molecular weight is 431 g/mol. The minimum absolute atomic E-state index is 0.105. The second kappa shape index (κ2) is 9.16. The van der Waals surface area contributed by atoms with Crippen LogP contribution < -0.4 is 4.74 Å². The van der Waals surface area contributed by atoms with Gasteiger partial charge in [-0.3, -0.25) is 9.80 Å². The van der Waals surface area contributed by atoms with Crippen molar-refractivity contribution in [1.29, 1.82) is 0 Å². The van der Waals surface area contributed by atoms with E-state index in [9.17, 15) is 8.78 Å². The van der Waals surface area contributed by atoms with Gasteiger partial charge in [0.25, 0.3) is 0 Å². The first-order chi connectivity index (χ1) is 14.5. The largest absolute Gasteiger partial charge is 0.496 e. The number of halogens is 2. The van der Waals surface area contributed by atoms with Crippen molar-refractivity contribution in [3.63, 3.8) is 0 Å². The van der Waals surface area contributed by atoms with E-state index in [-0.39, 0.29) is 17.7 Å². The maximum atomic E-state index is 14.0. The molecule has 0 radical (unpaired) electrons. The van der Waals surface area contributed by atoms with Gasteiger partial charge in [-0.1, -0.05) is 23.5 Å². The quantitative estimate of drug-likeness (QED) is 0.581. The van der Waals surface area contributed by atoms with Crippen LogP contribution in [0.4, 0.5) is 8.78 Å². The van der Waals surface area contributed by atoms with Crippen LogP contribution in [0.2, 0.25) is 0 Å². The lowest BCUT2D eigenvalue weighted by atomic mass is 10.1. The molecule has 0 bridgehead atoms. The maximum Gasteiger partial charge on any atom is 0.150 e. The number of rotatable bonds is 6. The molecular weight excluding hydrogens is 406 g/mol. The van der Waals surface area contributed by atoms with E-state index in [1.807, 2.05) is 0 Å². The van der Waals surface area contributed by atoms with Crippen molar-refractivity contribution in [2.24, 2.45) is 0 Å². The van der Waals surface area contributed by atoms with Gasteiger partial charge in [-0.25, -0.2) is 8.78 Å². The molecule has 2 aromatic carbocycles. The molecule has 158 valence electrons. The summed E-state index contributed by atoms with van der Waals surface area (Å²) in [4.78, 5) is 4.65. The Morgan fingerprint density at radius 3 is 2.57 bits per heavy atom. The van der Waals surface area contributed by atoms with Crippen LogP contribution >= 0.6 is 11.3 Å². The Hall–Kier alpha value is -2.42. The average Bonchev–Trinajstić information content (AvgIpc) is 3.24. The third kappa shape index (κ3) is 4.50. The molecule has 1 aliphatic rings. The Morgan fingerprint density at radius 1 is 1.07 bits per heavy atom. The summed E-state index contributed by atoms with van der Waals surface area (Å²) >= 11 is 1.44. The molecule has 1 atom stereocenters. The predicted molar refractivity (Wildman–Crippen MR) is 114 cm³/mol. The molecule has 1 aromatic heterocycles. The standard InChI is InChI=1S/C22H24F2N4OS/c1-15(21-25-26-22(30-21)18-5-3-4-6-19(18)24)28-11-9-27(10-12-28)14-16-13-17(23)7-8-20(16)29-2/h3-8,13,15H,9-12,14H2,1-2H3. The van der Waals surface area contributed by atoms with Gasteiger partial charge in [-0.05, 0) is 37.3 Å². The minimum Gasteiger partial charge on any atom is -0.496 e. The maximum absolute atomic E-state index is 14.0. The first-order valence-electron chi connectivity index (χ1n) is 9.92.